The molecule has 0 aromatic carbocycles. The van der Waals surface area contributed by atoms with Crippen LogP contribution in [0.5, 0.6) is 0 Å². The fourth-order valence-electron chi connectivity index (χ4n) is 3.42. The molecule has 2 aromatic rings. The van der Waals surface area contributed by atoms with Gasteiger partial charge in [0.05, 0.1) is 10.9 Å². The quantitative estimate of drug-likeness (QED) is 0.913. The second-order valence-corrected chi connectivity index (χ2v) is 6.72. The third-order valence-corrected chi connectivity index (χ3v) is 5.60. The van der Waals surface area contributed by atoms with Crippen LogP contribution in [-0.4, -0.2) is 35.1 Å². The van der Waals surface area contributed by atoms with Gasteiger partial charge in [0.2, 0.25) is 0 Å². The van der Waals surface area contributed by atoms with Gasteiger partial charge in [-0.15, -0.1) is 0 Å². The first-order chi connectivity index (χ1) is 9.29. The van der Waals surface area contributed by atoms with Crippen LogP contribution < -0.4 is 10.2 Å². The van der Waals surface area contributed by atoms with Gasteiger partial charge >= 0.3 is 0 Å². The van der Waals surface area contributed by atoms with Crippen LogP contribution in [0.2, 0.25) is 0 Å². The van der Waals surface area contributed by atoms with Gasteiger partial charge in [0.1, 0.15) is 5.52 Å². The monoisotopic (exact) mass is 274 g/mol. The van der Waals surface area contributed by atoms with Crippen molar-refractivity contribution < 1.29 is 0 Å². The van der Waals surface area contributed by atoms with E-state index in [-0.39, 0.29) is 0 Å². The molecule has 2 saturated heterocycles. The van der Waals surface area contributed by atoms with Crippen LogP contribution in [-0.2, 0) is 0 Å². The molecule has 2 bridgehead atoms. The lowest BCUT2D eigenvalue weighted by molar-refractivity contribution is 0.354. The number of hydrogen-bond acceptors (Lipinski definition) is 5. The Labute approximate surface area is 116 Å². The minimum atomic E-state index is 0.632. The van der Waals surface area contributed by atoms with Crippen molar-refractivity contribution in [1.29, 1.82) is 0 Å². The number of anilines is 1. The van der Waals surface area contributed by atoms with Gasteiger partial charge in [-0.3, -0.25) is 4.98 Å². The first-order valence-electron chi connectivity index (χ1n) is 6.99. The van der Waals surface area contributed by atoms with E-state index in [4.69, 9.17) is 4.98 Å². The van der Waals surface area contributed by atoms with E-state index in [9.17, 15) is 0 Å². The minimum Gasteiger partial charge on any atom is -0.348 e. The van der Waals surface area contributed by atoms with Crippen molar-refractivity contribution in [3.63, 3.8) is 0 Å². The number of pyridine rings is 1. The summed E-state index contributed by atoms with van der Waals surface area (Å²) in [7, 11) is 2.20. The zero-order valence-electron chi connectivity index (χ0n) is 11.0. The van der Waals surface area contributed by atoms with Crippen LogP contribution in [0.4, 0.5) is 5.13 Å². The summed E-state index contributed by atoms with van der Waals surface area (Å²) in [6.07, 6.45) is 8.89. The highest BCUT2D eigenvalue weighted by molar-refractivity contribution is 7.22. The number of aromatic nitrogens is 2. The van der Waals surface area contributed by atoms with E-state index in [1.165, 1.54) is 30.4 Å². The largest absolute Gasteiger partial charge is 0.348 e. The topological polar surface area (TPSA) is 41.1 Å². The SMILES string of the molecule is CN(c1nc2cnccc2s1)C1CC2CCC(C1)N2. The molecule has 0 saturated carbocycles. The second kappa shape index (κ2) is 4.42. The van der Waals surface area contributed by atoms with Crippen LogP contribution in [0.3, 0.4) is 0 Å². The Hall–Kier alpha value is -1.20. The van der Waals surface area contributed by atoms with Crippen molar-refractivity contribution in [3.8, 4) is 0 Å². The van der Waals surface area contributed by atoms with E-state index in [2.05, 4.69) is 28.3 Å². The standard InChI is InChI=1S/C14H18N4S/c1-18(11-6-9-2-3-10(7-11)16-9)14-17-12-8-15-5-4-13(12)19-14/h4-5,8-11,16H,2-3,6-7H2,1H3. The summed E-state index contributed by atoms with van der Waals surface area (Å²) in [5, 5.41) is 4.83. The Kier molecular flexibility index (Phi) is 2.70. The third kappa shape index (κ3) is 2.01. The van der Waals surface area contributed by atoms with E-state index in [1.54, 1.807) is 11.3 Å². The molecule has 0 amide bonds. The zero-order valence-corrected chi connectivity index (χ0v) is 11.9. The average Bonchev–Trinajstić information content (AvgIpc) is 3.01. The Balaban J connectivity index is 1.60. The van der Waals surface area contributed by atoms with Crippen LogP contribution >= 0.6 is 11.3 Å². The molecule has 0 spiro atoms. The maximum absolute atomic E-state index is 4.72. The lowest BCUT2D eigenvalue weighted by atomic mass is 9.99. The summed E-state index contributed by atoms with van der Waals surface area (Å²) in [5.41, 5.74) is 1.02. The van der Waals surface area contributed by atoms with Crippen LogP contribution in [0.25, 0.3) is 10.2 Å². The maximum Gasteiger partial charge on any atom is 0.186 e. The molecule has 5 heteroatoms. The summed E-state index contributed by atoms with van der Waals surface area (Å²) in [6.45, 7) is 0. The highest BCUT2D eigenvalue weighted by atomic mass is 32.1. The Morgan fingerprint density at radius 2 is 2.11 bits per heavy atom. The molecular weight excluding hydrogens is 256 g/mol. The van der Waals surface area contributed by atoms with Gasteiger partial charge in [-0.2, -0.15) is 0 Å². The Morgan fingerprint density at radius 1 is 1.32 bits per heavy atom. The van der Waals surface area contributed by atoms with Crippen LogP contribution in [0.15, 0.2) is 18.5 Å². The molecule has 2 aliphatic rings. The van der Waals surface area contributed by atoms with Crippen molar-refractivity contribution in [2.24, 2.45) is 0 Å². The van der Waals surface area contributed by atoms with Crippen molar-refractivity contribution in [2.45, 2.75) is 43.8 Å². The van der Waals surface area contributed by atoms with Gasteiger partial charge in [-0.05, 0) is 31.7 Å². The summed E-state index contributed by atoms with van der Waals surface area (Å²) >= 11 is 1.78. The number of rotatable bonds is 2. The van der Waals surface area contributed by atoms with Crippen molar-refractivity contribution in [3.05, 3.63) is 18.5 Å². The Bertz CT molecular complexity index is 551. The van der Waals surface area contributed by atoms with Crippen molar-refractivity contribution >= 4 is 26.7 Å². The first kappa shape index (κ1) is 11.6. The molecule has 0 aliphatic carbocycles. The molecule has 2 fully saturated rings. The highest BCUT2D eigenvalue weighted by Crippen LogP contribution is 2.34. The van der Waals surface area contributed by atoms with E-state index in [0.717, 1.165) is 22.7 Å². The van der Waals surface area contributed by atoms with Crippen molar-refractivity contribution in [1.82, 2.24) is 15.3 Å². The second-order valence-electron chi connectivity index (χ2n) is 5.71. The third-order valence-electron chi connectivity index (χ3n) is 4.48. The molecule has 1 N–H and O–H groups in total. The average molecular weight is 274 g/mol. The van der Waals surface area contributed by atoms with Crippen molar-refractivity contribution in [2.75, 3.05) is 11.9 Å². The van der Waals surface area contributed by atoms with Gasteiger partial charge in [-0.1, -0.05) is 11.3 Å². The van der Waals surface area contributed by atoms with Gasteiger partial charge in [-0.25, -0.2) is 4.98 Å². The molecule has 4 rings (SSSR count). The number of hydrogen-bond donors (Lipinski definition) is 1. The van der Waals surface area contributed by atoms with Gasteiger partial charge in [0.15, 0.2) is 5.13 Å². The van der Waals surface area contributed by atoms with E-state index in [1.807, 2.05) is 12.4 Å². The summed E-state index contributed by atoms with van der Waals surface area (Å²) in [4.78, 5) is 11.3. The smallest absolute Gasteiger partial charge is 0.186 e. The lowest BCUT2D eigenvalue weighted by Crippen LogP contribution is -2.47. The molecule has 2 atom stereocenters. The van der Waals surface area contributed by atoms with Crippen LogP contribution in [0.1, 0.15) is 25.7 Å². The molecule has 2 aromatic heterocycles. The molecule has 2 aliphatic heterocycles. The molecule has 0 radical (unpaired) electrons. The van der Waals surface area contributed by atoms with E-state index in [0.29, 0.717) is 6.04 Å². The number of fused-ring (bicyclic) bond motifs is 3. The zero-order chi connectivity index (χ0) is 12.8. The molecule has 2 unspecified atom stereocenters. The van der Waals surface area contributed by atoms with E-state index < -0.39 is 0 Å². The fourth-order valence-corrected chi connectivity index (χ4v) is 4.38. The minimum absolute atomic E-state index is 0.632. The Morgan fingerprint density at radius 3 is 2.84 bits per heavy atom. The molecule has 4 nitrogen and oxygen atoms in total. The van der Waals surface area contributed by atoms with Gasteiger partial charge in [0, 0.05) is 31.4 Å². The predicted octanol–water partition coefficient (Wildman–Crippen LogP) is 2.41. The molecule has 100 valence electrons. The molecular formula is C14H18N4S. The molecule has 4 heterocycles. The first-order valence-corrected chi connectivity index (χ1v) is 7.80. The van der Waals surface area contributed by atoms with E-state index >= 15 is 0 Å². The summed E-state index contributed by atoms with van der Waals surface area (Å²) in [5.74, 6) is 0. The number of piperidine rings is 1. The normalized spacial score (nSPS) is 29.8. The fraction of sp³-hybridized carbons (Fsp3) is 0.571. The van der Waals surface area contributed by atoms with Gasteiger partial charge in [0.25, 0.3) is 0 Å². The summed E-state index contributed by atoms with van der Waals surface area (Å²) < 4.78 is 1.23. The highest BCUT2D eigenvalue weighted by Gasteiger charge is 2.35. The summed E-state index contributed by atoms with van der Waals surface area (Å²) in [6, 6.07) is 4.13. The maximum atomic E-state index is 4.72. The lowest BCUT2D eigenvalue weighted by Gasteiger charge is -2.35. The number of thiazole rings is 1. The molecule has 19 heavy (non-hydrogen) atoms. The predicted molar refractivity (Wildman–Crippen MR) is 78.8 cm³/mol. The number of nitrogens with one attached hydrogen (secondary N) is 1. The van der Waals surface area contributed by atoms with Crippen LogP contribution in [0, 0.1) is 0 Å². The number of nitrogens with zero attached hydrogens (tertiary/aromatic N) is 3. The van der Waals surface area contributed by atoms with Gasteiger partial charge < -0.3 is 10.2 Å².